The Kier molecular flexibility index (Phi) is 10.7. The van der Waals surface area contributed by atoms with Crippen molar-refractivity contribution in [3.63, 3.8) is 0 Å². The van der Waals surface area contributed by atoms with Gasteiger partial charge in [-0.15, -0.1) is 0 Å². The number of carbonyl (C=O) groups is 2. The van der Waals surface area contributed by atoms with Crippen LogP contribution in [0.5, 0.6) is 0 Å². The summed E-state index contributed by atoms with van der Waals surface area (Å²) in [7, 11) is 0. The van der Waals surface area contributed by atoms with E-state index < -0.39 is 5.97 Å². The number of imidazole rings is 1. The number of aromatic carboxylic acids is 1. The lowest BCUT2D eigenvalue weighted by Gasteiger charge is -2.28. The molecule has 0 atom stereocenters. The maximum Gasteiger partial charge on any atom is 0.336 e. The Morgan fingerprint density at radius 2 is 1.68 bits per heavy atom. The van der Waals surface area contributed by atoms with Crippen molar-refractivity contribution >= 4 is 28.7 Å². The van der Waals surface area contributed by atoms with Gasteiger partial charge in [0.25, 0.3) is 0 Å². The molecule has 2 amide bonds. The molecule has 1 heterocycles. The van der Waals surface area contributed by atoms with Crippen molar-refractivity contribution in [2.75, 3.05) is 11.4 Å². The minimum Gasteiger partial charge on any atom is -0.478 e. The number of urea groups is 1. The van der Waals surface area contributed by atoms with Crippen molar-refractivity contribution in [1.82, 2.24) is 14.9 Å². The SMILES string of the molecule is CCCCCN(C(=O)NC1CCCCC1)c1ccc2nc(CCCC)n(Cc3ccc(-c4ccccc4C(=O)O)cc3)c2c1. The lowest BCUT2D eigenvalue weighted by Crippen LogP contribution is -2.46. The van der Waals surface area contributed by atoms with E-state index in [1.807, 2.05) is 35.2 Å². The fourth-order valence-electron chi connectivity index (χ4n) is 6.29. The minimum atomic E-state index is -0.929. The second-order valence-corrected chi connectivity index (χ2v) is 12.1. The number of carbonyl (C=O) groups excluding carboxylic acids is 1. The van der Waals surface area contributed by atoms with E-state index in [2.05, 4.69) is 48.0 Å². The molecule has 0 unspecified atom stereocenters. The molecule has 2 N–H and O–H groups in total. The number of benzene rings is 3. The normalized spacial score (nSPS) is 13.7. The molecule has 3 aromatic carbocycles. The van der Waals surface area contributed by atoms with Crippen LogP contribution in [0.15, 0.2) is 66.7 Å². The number of anilines is 1. The first-order valence-corrected chi connectivity index (χ1v) is 16.5. The van der Waals surface area contributed by atoms with Crippen LogP contribution in [0.2, 0.25) is 0 Å². The van der Waals surface area contributed by atoms with Crippen LogP contribution in [0, 0.1) is 0 Å². The van der Waals surface area contributed by atoms with Crippen molar-refractivity contribution in [3.05, 3.63) is 83.7 Å². The van der Waals surface area contributed by atoms with Gasteiger partial charge in [-0.1, -0.05) is 94.8 Å². The van der Waals surface area contributed by atoms with E-state index in [0.29, 0.717) is 24.2 Å². The van der Waals surface area contributed by atoms with E-state index in [1.165, 1.54) is 19.3 Å². The zero-order valence-corrected chi connectivity index (χ0v) is 26.2. The van der Waals surface area contributed by atoms with Crippen LogP contribution in [-0.2, 0) is 13.0 Å². The summed E-state index contributed by atoms with van der Waals surface area (Å²) < 4.78 is 2.29. The average Bonchev–Trinajstić information content (AvgIpc) is 3.39. The zero-order chi connectivity index (χ0) is 30.9. The number of unbranched alkanes of at least 4 members (excludes halogenated alkanes) is 3. The van der Waals surface area contributed by atoms with Crippen LogP contribution in [0.25, 0.3) is 22.2 Å². The van der Waals surface area contributed by atoms with Crippen molar-refractivity contribution in [2.45, 2.75) is 97.1 Å². The first-order valence-electron chi connectivity index (χ1n) is 16.5. The molecule has 1 saturated carbocycles. The lowest BCUT2D eigenvalue weighted by atomic mass is 9.96. The molecular formula is C37H46N4O3. The Bertz CT molecular complexity index is 1550. The Hall–Kier alpha value is -4.13. The molecular weight excluding hydrogens is 548 g/mol. The van der Waals surface area contributed by atoms with Crippen LogP contribution >= 0.6 is 0 Å². The first-order chi connectivity index (χ1) is 21.5. The van der Waals surface area contributed by atoms with Gasteiger partial charge in [-0.2, -0.15) is 0 Å². The fraction of sp³-hybridized carbons (Fsp3) is 0.432. The summed E-state index contributed by atoms with van der Waals surface area (Å²) in [5, 5.41) is 13.0. The number of hydrogen-bond acceptors (Lipinski definition) is 3. The number of rotatable bonds is 13. The molecule has 44 heavy (non-hydrogen) atoms. The number of aromatic nitrogens is 2. The van der Waals surface area contributed by atoms with Crippen LogP contribution in [0.4, 0.5) is 10.5 Å². The number of hydrogen-bond donors (Lipinski definition) is 2. The molecule has 5 rings (SSSR count). The highest BCUT2D eigenvalue weighted by Crippen LogP contribution is 2.28. The molecule has 1 fully saturated rings. The molecule has 1 aliphatic rings. The summed E-state index contributed by atoms with van der Waals surface area (Å²) in [6, 6.07) is 21.8. The Morgan fingerprint density at radius 1 is 0.932 bits per heavy atom. The molecule has 0 bridgehead atoms. The van der Waals surface area contributed by atoms with Crippen LogP contribution in [0.3, 0.4) is 0 Å². The largest absolute Gasteiger partial charge is 0.478 e. The number of fused-ring (bicyclic) bond motifs is 1. The highest BCUT2D eigenvalue weighted by atomic mass is 16.4. The predicted octanol–water partition coefficient (Wildman–Crippen LogP) is 8.83. The summed E-state index contributed by atoms with van der Waals surface area (Å²) in [5.74, 6) is 0.116. The quantitative estimate of drug-likeness (QED) is 0.151. The summed E-state index contributed by atoms with van der Waals surface area (Å²) in [6.07, 6.45) is 11.9. The number of amides is 2. The van der Waals surface area contributed by atoms with Gasteiger partial charge in [-0.25, -0.2) is 14.6 Å². The molecule has 7 nitrogen and oxygen atoms in total. The molecule has 0 aliphatic heterocycles. The monoisotopic (exact) mass is 594 g/mol. The molecule has 232 valence electrons. The van der Waals surface area contributed by atoms with E-state index in [9.17, 15) is 14.7 Å². The summed E-state index contributed by atoms with van der Waals surface area (Å²) in [4.78, 5) is 32.4. The van der Waals surface area contributed by atoms with E-state index in [4.69, 9.17) is 4.98 Å². The molecule has 0 spiro atoms. The third kappa shape index (κ3) is 7.50. The van der Waals surface area contributed by atoms with Crippen molar-refractivity contribution in [1.29, 1.82) is 0 Å². The van der Waals surface area contributed by atoms with E-state index >= 15 is 0 Å². The van der Waals surface area contributed by atoms with Gasteiger partial charge in [0.2, 0.25) is 0 Å². The number of nitrogens with zero attached hydrogens (tertiary/aromatic N) is 3. The molecule has 7 heteroatoms. The van der Waals surface area contributed by atoms with Gasteiger partial charge in [0, 0.05) is 31.2 Å². The van der Waals surface area contributed by atoms with E-state index in [1.54, 1.807) is 12.1 Å². The highest BCUT2D eigenvalue weighted by molar-refractivity contribution is 5.96. The third-order valence-corrected chi connectivity index (χ3v) is 8.80. The zero-order valence-electron chi connectivity index (χ0n) is 26.2. The topological polar surface area (TPSA) is 87.5 Å². The lowest BCUT2D eigenvalue weighted by molar-refractivity contribution is 0.0697. The molecule has 0 saturated heterocycles. The number of carboxylic acid groups (broad SMARTS) is 1. The fourth-order valence-corrected chi connectivity index (χ4v) is 6.29. The third-order valence-electron chi connectivity index (χ3n) is 8.80. The molecule has 1 aliphatic carbocycles. The van der Waals surface area contributed by atoms with Gasteiger partial charge in [-0.05, 0) is 66.6 Å². The van der Waals surface area contributed by atoms with E-state index in [0.717, 1.165) is 85.0 Å². The molecule has 1 aromatic heterocycles. The van der Waals surface area contributed by atoms with Crippen molar-refractivity contribution in [2.24, 2.45) is 0 Å². The Morgan fingerprint density at radius 3 is 2.41 bits per heavy atom. The van der Waals surface area contributed by atoms with Gasteiger partial charge in [0.1, 0.15) is 5.82 Å². The standard InChI is InChI=1S/C37H46N4O3/c1-3-5-12-24-40(37(44)38-29-13-8-7-9-14-29)30-22-23-33-34(25-30)41(35(39-33)17-6-4-2)26-27-18-20-28(21-19-27)31-15-10-11-16-32(31)36(42)43/h10-11,15-16,18-23,25,29H,3-9,12-14,17,24,26H2,1-2H3,(H,38,44)(H,42,43). The highest BCUT2D eigenvalue weighted by Gasteiger charge is 2.22. The van der Waals surface area contributed by atoms with Crippen LogP contribution < -0.4 is 10.2 Å². The number of carboxylic acids is 1. The van der Waals surface area contributed by atoms with Gasteiger partial charge >= 0.3 is 12.0 Å². The summed E-state index contributed by atoms with van der Waals surface area (Å²) >= 11 is 0. The van der Waals surface area contributed by atoms with Crippen molar-refractivity contribution in [3.8, 4) is 11.1 Å². The van der Waals surface area contributed by atoms with Gasteiger partial charge < -0.3 is 15.0 Å². The van der Waals surface area contributed by atoms with E-state index in [-0.39, 0.29) is 12.1 Å². The predicted molar refractivity (Wildman–Crippen MR) is 179 cm³/mol. The molecule has 4 aromatic rings. The second kappa shape index (κ2) is 15.0. The maximum atomic E-state index is 13.6. The van der Waals surface area contributed by atoms with Crippen LogP contribution in [0.1, 0.15) is 99.8 Å². The Balaban J connectivity index is 1.46. The number of aryl methyl sites for hydroxylation is 1. The number of nitrogens with one attached hydrogen (secondary N) is 1. The summed E-state index contributed by atoms with van der Waals surface area (Å²) in [6.45, 7) is 5.71. The van der Waals surface area contributed by atoms with Gasteiger partial charge in [0.05, 0.1) is 16.6 Å². The van der Waals surface area contributed by atoms with Gasteiger partial charge in [-0.3, -0.25) is 4.90 Å². The average molecular weight is 595 g/mol. The first kappa shape index (κ1) is 31.3. The van der Waals surface area contributed by atoms with Crippen molar-refractivity contribution < 1.29 is 14.7 Å². The van der Waals surface area contributed by atoms with Gasteiger partial charge in [0.15, 0.2) is 0 Å². The summed E-state index contributed by atoms with van der Waals surface area (Å²) in [5.41, 5.74) is 5.87. The smallest absolute Gasteiger partial charge is 0.336 e. The minimum absolute atomic E-state index is 0.00172. The Labute approximate surface area is 261 Å². The second-order valence-electron chi connectivity index (χ2n) is 12.1. The van der Waals surface area contributed by atoms with Crippen LogP contribution in [-0.4, -0.2) is 39.2 Å². The molecule has 0 radical (unpaired) electrons. The maximum absolute atomic E-state index is 13.6.